The molecule has 1 atom stereocenters. The summed E-state index contributed by atoms with van der Waals surface area (Å²) in [5, 5.41) is 0.134. The fraction of sp³-hybridized carbons (Fsp3) is 0.667. The molecule has 0 bridgehead atoms. The molecule has 1 N–H and O–H groups in total. The van der Waals surface area contributed by atoms with Crippen molar-refractivity contribution >= 4 is 9.73 Å². The summed E-state index contributed by atoms with van der Waals surface area (Å²) in [7, 11) is -2.40. The van der Waals surface area contributed by atoms with Gasteiger partial charge in [0.25, 0.3) is 0 Å². The molecular weight excluding hydrogens is 134 g/mol. The molecule has 0 aromatic heterocycles. The van der Waals surface area contributed by atoms with Gasteiger partial charge in [0.2, 0.25) is 0 Å². The Morgan fingerprint density at radius 2 is 2.22 bits per heavy atom. The van der Waals surface area contributed by atoms with Crippen LogP contribution in [0.15, 0.2) is 11.5 Å². The van der Waals surface area contributed by atoms with Gasteiger partial charge >= 0.3 is 0 Å². The van der Waals surface area contributed by atoms with Gasteiger partial charge < -0.3 is 0 Å². The summed E-state index contributed by atoms with van der Waals surface area (Å²) in [6.45, 7) is 5.20. The lowest BCUT2D eigenvalue weighted by Crippen LogP contribution is -2.03. The van der Waals surface area contributed by atoms with E-state index < -0.39 is 9.73 Å². The summed E-state index contributed by atoms with van der Waals surface area (Å²) in [5.41, 5.74) is 0. The largest absolute Gasteiger partial charge is 0.249 e. The normalized spacial score (nSPS) is 25.0. The van der Waals surface area contributed by atoms with Crippen LogP contribution in [0.2, 0.25) is 0 Å². The van der Waals surface area contributed by atoms with Crippen molar-refractivity contribution in [3.8, 4) is 0 Å². The van der Waals surface area contributed by atoms with E-state index in [1.165, 1.54) is 0 Å². The topological polar surface area (TPSA) is 40.9 Å². The van der Waals surface area contributed by atoms with Crippen LogP contribution < -0.4 is 0 Å². The van der Waals surface area contributed by atoms with E-state index in [0.717, 1.165) is 12.8 Å². The lowest BCUT2D eigenvalue weighted by atomic mass is 10.8. The van der Waals surface area contributed by atoms with Crippen molar-refractivity contribution in [3.05, 3.63) is 11.5 Å². The zero-order valence-corrected chi connectivity index (χ0v) is 6.33. The molecule has 1 rings (SSSR count). The third-order valence-electron chi connectivity index (χ3n) is 1.51. The van der Waals surface area contributed by atoms with E-state index in [0.29, 0.717) is 4.91 Å². The lowest BCUT2D eigenvalue weighted by molar-refractivity contribution is 0.678. The summed E-state index contributed by atoms with van der Waals surface area (Å²) in [6, 6.07) is 0. The molecule has 1 aliphatic carbocycles. The Balaban J connectivity index is 2.85. The number of allylic oxidation sites excluding steroid dienone is 1. The van der Waals surface area contributed by atoms with Crippen molar-refractivity contribution in [1.29, 1.82) is 4.78 Å². The molecule has 1 fully saturated rings. The first-order chi connectivity index (χ1) is 4.05. The number of rotatable bonds is 2. The first-order valence-corrected chi connectivity index (χ1v) is 4.60. The van der Waals surface area contributed by atoms with Crippen LogP contribution in [0.5, 0.6) is 0 Å². The SMILES string of the molecule is C=C(C)S(=N)(=O)C1CC1. The zero-order valence-electron chi connectivity index (χ0n) is 5.52. The monoisotopic (exact) mass is 145 g/mol. The van der Waals surface area contributed by atoms with E-state index in [-0.39, 0.29) is 5.25 Å². The third kappa shape index (κ3) is 1.15. The van der Waals surface area contributed by atoms with Crippen molar-refractivity contribution in [3.63, 3.8) is 0 Å². The molecule has 3 heteroatoms. The smallest absolute Gasteiger partial charge is 0.0707 e. The first kappa shape index (κ1) is 6.81. The van der Waals surface area contributed by atoms with E-state index in [1.54, 1.807) is 6.92 Å². The highest BCUT2D eigenvalue weighted by molar-refractivity contribution is 7.97. The highest BCUT2D eigenvalue weighted by Crippen LogP contribution is 2.32. The molecule has 0 aliphatic heterocycles. The van der Waals surface area contributed by atoms with Crippen molar-refractivity contribution in [2.24, 2.45) is 0 Å². The average molecular weight is 145 g/mol. The summed E-state index contributed by atoms with van der Waals surface area (Å²) < 4.78 is 18.5. The Kier molecular flexibility index (Phi) is 1.39. The third-order valence-corrected chi connectivity index (χ3v) is 3.96. The van der Waals surface area contributed by atoms with Crippen molar-refractivity contribution < 1.29 is 4.21 Å². The average Bonchev–Trinajstić information content (AvgIpc) is 2.42. The van der Waals surface area contributed by atoms with Gasteiger partial charge in [-0.3, -0.25) is 0 Å². The minimum absolute atomic E-state index is 0.134. The van der Waals surface area contributed by atoms with Gasteiger partial charge in [0.15, 0.2) is 0 Å². The van der Waals surface area contributed by atoms with Gasteiger partial charge in [0.05, 0.1) is 9.73 Å². The fourth-order valence-corrected chi connectivity index (χ4v) is 2.05. The van der Waals surface area contributed by atoms with Crippen LogP contribution in [0.4, 0.5) is 0 Å². The first-order valence-electron chi connectivity index (χ1n) is 2.98. The molecule has 1 saturated carbocycles. The Hall–Kier alpha value is -0.310. The van der Waals surface area contributed by atoms with Gasteiger partial charge in [0.1, 0.15) is 0 Å². The molecule has 0 amide bonds. The van der Waals surface area contributed by atoms with Gasteiger partial charge in [-0.1, -0.05) is 6.58 Å². The summed E-state index contributed by atoms with van der Waals surface area (Å²) in [4.78, 5) is 0.532. The van der Waals surface area contributed by atoms with E-state index in [4.69, 9.17) is 4.78 Å². The van der Waals surface area contributed by atoms with Crippen LogP contribution in [0, 0.1) is 4.78 Å². The van der Waals surface area contributed by atoms with Gasteiger partial charge in [-0.15, -0.1) is 0 Å². The molecule has 2 nitrogen and oxygen atoms in total. The predicted molar refractivity (Wildman–Crippen MR) is 38.7 cm³/mol. The van der Waals surface area contributed by atoms with Gasteiger partial charge in [0, 0.05) is 10.2 Å². The lowest BCUT2D eigenvalue weighted by Gasteiger charge is -2.01. The van der Waals surface area contributed by atoms with Crippen LogP contribution in [0.25, 0.3) is 0 Å². The van der Waals surface area contributed by atoms with E-state index in [2.05, 4.69) is 6.58 Å². The Morgan fingerprint density at radius 1 is 1.78 bits per heavy atom. The van der Waals surface area contributed by atoms with Crippen LogP contribution in [-0.2, 0) is 9.73 Å². The van der Waals surface area contributed by atoms with Crippen LogP contribution >= 0.6 is 0 Å². The standard InChI is InChI=1S/C6H11NOS/c1-5(2)9(7,8)6-3-4-6/h6-7H,1,3-4H2,2H3. The predicted octanol–water partition coefficient (Wildman–Crippen LogP) is 1.73. The van der Waals surface area contributed by atoms with Crippen molar-refractivity contribution in [2.45, 2.75) is 25.0 Å². The Bertz CT molecular complexity index is 223. The number of hydrogen-bond acceptors (Lipinski definition) is 2. The van der Waals surface area contributed by atoms with Crippen LogP contribution in [0.1, 0.15) is 19.8 Å². The van der Waals surface area contributed by atoms with E-state index in [9.17, 15) is 4.21 Å². The maximum atomic E-state index is 11.2. The highest BCUT2D eigenvalue weighted by atomic mass is 32.2. The van der Waals surface area contributed by atoms with Crippen LogP contribution in [-0.4, -0.2) is 9.46 Å². The number of hydrogen-bond donors (Lipinski definition) is 1. The molecule has 9 heavy (non-hydrogen) atoms. The van der Waals surface area contributed by atoms with Gasteiger partial charge in [-0.05, 0) is 19.8 Å². The maximum Gasteiger partial charge on any atom is 0.0707 e. The Labute approximate surface area is 55.9 Å². The highest BCUT2D eigenvalue weighted by Gasteiger charge is 2.32. The molecule has 0 aromatic carbocycles. The molecule has 52 valence electrons. The summed E-state index contributed by atoms with van der Waals surface area (Å²) >= 11 is 0. The fourth-order valence-electron chi connectivity index (χ4n) is 0.684. The molecule has 0 heterocycles. The van der Waals surface area contributed by atoms with Crippen LogP contribution in [0.3, 0.4) is 0 Å². The second-order valence-electron chi connectivity index (χ2n) is 2.50. The van der Waals surface area contributed by atoms with Crippen molar-refractivity contribution in [1.82, 2.24) is 0 Å². The van der Waals surface area contributed by atoms with E-state index in [1.807, 2.05) is 0 Å². The number of nitrogens with one attached hydrogen (secondary N) is 1. The second kappa shape index (κ2) is 1.84. The van der Waals surface area contributed by atoms with Gasteiger partial charge in [-0.2, -0.15) is 0 Å². The van der Waals surface area contributed by atoms with Gasteiger partial charge in [-0.25, -0.2) is 8.99 Å². The zero-order chi connectivity index (χ0) is 7.07. The minimum Gasteiger partial charge on any atom is -0.249 e. The Morgan fingerprint density at radius 3 is 2.33 bits per heavy atom. The molecule has 0 aromatic rings. The molecule has 1 unspecified atom stereocenters. The second-order valence-corrected chi connectivity index (χ2v) is 5.07. The molecule has 0 saturated heterocycles. The quantitative estimate of drug-likeness (QED) is 0.631. The summed E-state index contributed by atoms with van der Waals surface area (Å²) in [6.07, 6.45) is 1.91. The summed E-state index contributed by atoms with van der Waals surface area (Å²) in [5.74, 6) is 0. The molecule has 0 spiro atoms. The van der Waals surface area contributed by atoms with Crippen molar-refractivity contribution in [2.75, 3.05) is 0 Å². The molecule has 0 radical (unpaired) electrons. The minimum atomic E-state index is -2.40. The molecule has 1 aliphatic rings. The van der Waals surface area contributed by atoms with E-state index >= 15 is 0 Å². The maximum absolute atomic E-state index is 11.2. The molecular formula is C6H11NOS.